The van der Waals surface area contributed by atoms with Gasteiger partial charge < -0.3 is 11.1 Å². The molecule has 0 radical (unpaired) electrons. The summed E-state index contributed by atoms with van der Waals surface area (Å²) in [6, 6.07) is 61.6. The van der Waals surface area contributed by atoms with Crippen molar-refractivity contribution >= 4 is 59.9 Å². The first-order valence-corrected chi connectivity index (χ1v) is 18.8. The van der Waals surface area contributed by atoms with E-state index in [9.17, 15) is 0 Å². The van der Waals surface area contributed by atoms with Gasteiger partial charge >= 0.3 is 0 Å². The summed E-state index contributed by atoms with van der Waals surface area (Å²) in [5, 5.41) is 13.6. The van der Waals surface area contributed by atoms with E-state index in [1.54, 1.807) is 0 Å². The van der Waals surface area contributed by atoms with Crippen LogP contribution in [0.3, 0.4) is 0 Å². The summed E-state index contributed by atoms with van der Waals surface area (Å²) in [6.07, 6.45) is 5.74. The summed E-state index contributed by atoms with van der Waals surface area (Å²) in [4.78, 5) is 0. The molecule has 0 aromatic heterocycles. The van der Waals surface area contributed by atoms with Crippen LogP contribution in [0, 0.1) is 0 Å². The Hall–Kier alpha value is -6.22. The lowest BCUT2D eigenvalue weighted by Gasteiger charge is -2.22. The smallest absolute Gasteiger partial charge is 0.0628 e. The van der Waals surface area contributed by atoms with Crippen LogP contribution in [0.1, 0.15) is 48.4 Å². The van der Waals surface area contributed by atoms with Crippen LogP contribution < -0.4 is 11.1 Å². The zero-order valence-electron chi connectivity index (χ0n) is 30.4. The molecule has 2 nitrogen and oxygen atoms in total. The second kappa shape index (κ2) is 15.2. The molecule has 9 rings (SSSR count). The molecule has 258 valence electrons. The average molecular weight is 685 g/mol. The Morgan fingerprint density at radius 2 is 1.09 bits per heavy atom. The quantitative estimate of drug-likeness (QED) is 0.123. The molecule has 1 aliphatic rings. The minimum atomic E-state index is -0.0491. The molecule has 0 saturated heterocycles. The van der Waals surface area contributed by atoms with E-state index in [4.69, 9.17) is 5.73 Å². The van der Waals surface area contributed by atoms with Crippen LogP contribution in [0.15, 0.2) is 188 Å². The maximum Gasteiger partial charge on any atom is 0.0628 e. The molecule has 0 bridgehead atoms. The van der Waals surface area contributed by atoms with Gasteiger partial charge in [-0.3, -0.25) is 0 Å². The van der Waals surface area contributed by atoms with Crippen molar-refractivity contribution in [2.75, 3.05) is 6.67 Å². The first-order valence-electron chi connectivity index (χ1n) is 18.8. The predicted octanol–water partition coefficient (Wildman–Crippen LogP) is 12.9. The molecule has 1 unspecified atom stereocenters. The molecule has 0 saturated carbocycles. The van der Waals surface area contributed by atoms with Crippen LogP contribution >= 0.6 is 0 Å². The number of benzene rings is 8. The molecule has 0 spiro atoms. The number of rotatable bonds is 8. The van der Waals surface area contributed by atoms with Crippen molar-refractivity contribution in [3.05, 3.63) is 210 Å². The van der Waals surface area contributed by atoms with Gasteiger partial charge in [0.15, 0.2) is 0 Å². The van der Waals surface area contributed by atoms with Gasteiger partial charge in [0, 0.05) is 17.2 Å². The average Bonchev–Trinajstić information content (AvgIpc) is 3.67. The summed E-state index contributed by atoms with van der Waals surface area (Å²) in [5.74, 6) is -0.0491. The van der Waals surface area contributed by atoms with E-state index in [0.29, 0.717) is 6.67 Å². The van der Waals surface area contributed by atoms with E-state index >= 15 is 0 Å². The lowest BCUT2D eigenvalue weighted by atomic mass is 9.84. The number of hydrogen-bond donors (Lipinski definition) is 2. The largest absolute Gasteiger partial charge is 0.372 e. The molecule has 3 N–H and O–H groups in total. The van der Waals surface area contributed by atoms with E-state index in [1.807, 2.05) is 13.8 Å². The van der Waals surface area contributed by atoms with Gasteiger partial charge in [-0.2, -0.15) is 0 Å². The molecule has 1 aliphatic carbocycles. The Kier molecular flexibility index (Phi) is 9.71. The molecule has 8 aromatic carbocycles. The standard InChI is InChI=1S/C49H38N2.C2H6/c50-32-51-49(48-28-36-18-6-9-23-40(36)42-24-10-11-25-44(42)48)31-45(35-14-2-1-3-15-35)47-30-37(41-26-12-19-33-16-4-7-21-38(33)41)29-46(47)43-27-13-20-34-17-5-8-22-39(34)43;1-2/h1-28,30-31,45,51H,29,32,50H2;1-2H3/b49-31-;. The van der Waals surface area contributed by atoms with Crippen LogP contribution in [0.4, 0.5) is 0 Å². The third kappa shape index (κ3) is 6.43. The maximum absolute atomic E-state index is 6.35. The minimum Gasteiger partial charge on any atom is -0.372 e. The summed E-state index contributed by atoms with van der Waals surface area (Å²) >= 11 is 0. The Morgan fingerprint density at radius 3 is 1.77 bits per heavy atom. The fourth-order valence-corrected chi connectivity index (χ4v) is 8.14. The SMILES string of the molecule is CC.NCN/C(=C\C(C1=C(c2cccc3ccccc23)CC(c2cccc3ccccc23)=C1)c1ccccc1)c1cc2ccccc2c2ccccc12. The Morgan fingerprint density at radius 1 is 0.566 bits per heavy atom. The highest BCUT2D eigenvalue weighted by Gasteiger charge is 2.27. The summed E-state index contributed by atoms with van der Waals surface area (Å²) in [5.41, 5.74) is 16.3. The third-order valence-electron chi connectivity index (χ3n) is 10.5. The predicted molar refractivity (Wildman–Crippen MR) is 230 cm³/mol. The van der Waals surface area contributed by atoms with Crippen molar-refractivity contribution in [1.82, 2.24) is 5.32 Å². The molecular formula is C51H44N2. The molecule has 53 heavy (non-hydrogen) atoms. The molecule has 0 fully saturated rings. The maximum atomic E-state index is 6.35. The highest BCUT2D eigenvalue weighted by atomic mass is 15.0. The molecule has 0 aliphatic heterocycles. The van der Waals surface area contributed by atoms with E-state index in [-0.39, 0.29) is 5.92 Å². The second-order valence-corrected chi connectivity index (χ2v) is 13.4. The number of allylic oxidation sites excluding steroid dienone is 5. The summed E-state index contributed by atoms with van der Waals surface area (Å²) in [6.45, 7) is 4.32. The van der Waals surface area contributed by atoms with Crippen LogP contribution in [0.2, 0.25) is 0 Å². The fraction of sp³-hybridized carbons (Fsp3) is 0.0980. The normalized spacial score (nSPS) is 13.6. The van der Waals surface area contributed by atoms with Crippen molar-refractivity contribution in [1.29, 1.82) is 0 Å². The van der Waals surface area contributed by atoms with Crippen molar-refractivity contribution in [3.63, 3.8) is 0 Å². The summed E-state index contributed by atoms with van der Waals surface area (Å²) < 4.78 is 0. The highest BCUT2D eigenvalue weighted by molar-refractivity contribution is 6.12. The molecule has 0 amide bonds. The first-order chi connectivity index (χ1) is 26.3. The van der Waals surface area contributed by atoms with Gasteiger partial charge in [-0.05, 0) is 95.1 Å². The zero-order valence-corrected chi connectivity index (χ0v) is 30.4. The van der Waals surface area contributed by atoms with E-state index in [1.165, 1.54) is 76.5 Å². The Labute approximate surface area is 312 Å². The monoisotopic (exact) mass is 684 g/mol. The Balaban J connectivity index is 0.00000197. The third-order valence-corrected chi connectivity index (χ3v) is 10.5. The number of hydrogen-bond acceptors (Lipinski definition) is 2. The number of nitrogens with two attached hydrogens (primary N) is 1. The topological polar surface area (TPSA) is 38.0 Å². The molecule has 8 aromatic rings. The van der Waals surface area contributed by atoms with Crippen LogP contribution in [0.25, 0.3) is 59.9 Å². The van der Waals surface area contributed by atoms with Crippen molar-refractivity contribution in [3.8, 4) is 0 Å². The van der Waals surface area contributed by atoms with Crippen molar-refractivity contribution in [2.24, 2.45) is 5.73 Å². The first kappa shape index (κ1) is 33.9. The minimum absolute atomic E-state index is 0.0491. The fourth-order valence-electron chi connectivity index (χ4n) is 8.14. The number of fused-ring (bicyclic) bond motifs is 5. The highest BCUT2D eigenvalue weighted by Crippen LogP contribution is 2.47. The molecule has 1 atom stereocenters. The molecule has 0 heterocycles. The molecule has 2 heteroatoms. The summed E-state index contributed by atoms with van der Waals surface area (Å²) in [7, 11) is 0. The van der Waals surface area contributed by atoms with Gasteiger partial charge in [-0.15, -0.1) is 0 Å². The van der Waals surface area contributed by atoms with Gasteiger partial charge in [-0.1, -0.05) is 184 Å². The van der Waals surface area contributed by atoms with Gasteiger partial charge in [-0.25, -0.2) is 0 Å². The van der Waals surface area contributed by atoms with Crippen LogP contribution in [-0.2, 0) is 0 Å². The van der Waals surface area contributed by atoms with Gasteiger partial charge in [0.1, 0.15) is 0 Å². The van der Waals surface area contributed by atoms with Crippen molar-refractivity contribution in [2.45, 2.75) is 26.2 Å². The van der Waals surface area contributed by atoms with E-state index < -0.39 is 0 Å². The lowest BCUT2D eigenvalue weighted by molar-refractivity contribution is 0.892. The number of nitrogens with one attached hydrogen (secondary N) is 1. The second-order valence-electron chi connectivity index (χ2n) is 13.4. The van der Waals surface area contributed by atoms with Gasteiger partial charge in [0.2, 0.25) is 0 Å². The van der Waals surface area contributed by atoms with Crippen LogP contribution in [0.5, 0.6) is 0 Å². The van der Waals surface area contributed by atoms with Crippen molar-refractivity contribution < 1.29 is 0 Å². The molecular weight excluding hydrogens is 641 g/mol. The van der Waals surface area contributed by atoms with Crippen LogP contribution in [-0.4, -0.2) is 6.67 Å². The van der Waals surface area contributed by atoms with E-state index in [0.717, 1.165) is 17.7 Å². The lowest BCUT2D eigenvalue weighted by Crippen LogP contribution is -2.21. The zero-order chi connectivity index (χ0) is 36.1. The van der Waals surface area contributed by atoms with Gasteiger partial charge in [0.25, 0.3) is 0 Å². The van der Waals surface area contributed by atoms with Gasteiger partial charge in [0.05, 0.1) is 6.67 Å². The Bertz CT molecular complexity index is 2670. The van der Waals surface area contributed by atoms with E-state index in [2.05, 4.69) is 187 Å².